The van der Waals surface area contributed by atoms with Crippen LogP contribution < -0.4 is 10.4 Å². The molecule has 110 valence electrons. The van der Waals surface area contributed by atoms with Gasteiger partial charge in [0.25, 0.3) is 0 Å². The van der Waals surface area contributed by atoms with Crippen LogP contribution in [0.3, 0.4) is 0 Å². The largest absolute Gasteiger partial charge is 0.508 e. The molecule has 0 saturated carbocycles. The van der Waals surface area contributed by atoms with E-state index in [1.165, 1.54) is 0 Å². The quantitative estimate of drug-likeness (QED) is 0.533. The molecule has 1 aromatic carbocycles. The van der Waals surface area contributed by atoms with Gasteiger partial charge < -0.3 is 14.3 Å². The minimum absolute atomic E-state index is 0.0638. The average molecular weight is 287 g/mol. The molecule has 2 rings (SSSR count). The van der Waals surface area contributed by atoms with E-state index >= 15 is 0 Å². The van der Waals surface area contributed by atoms with Gasteiger partial charge in [0.1, 0.15) is 29.3 Å². The highest BCUT2D eigenvalue weighted by molar-refractivity contribution is 6.05. The van der Waals surface area contributed by atoms with Crippen molar-refractivity contribution in [1.29, 1.82) is 0 Å². The maximum atomic E-state index is 12.2. The van der Waals surface area contributed by atoms with E-state index in [0.717, 1.165) is 0 Å². The number of nitrogens with zero attached hydrogens (tertiary/aromatic N) is 1. The molecule has 1 heterocycles. The van der Waals surface area contributed by atoms with E-state index in [0.29, 0.717) is 28.0 Å². The molecule has 0 bridgehead atoms. The lowest BCUT2D eigenvalue weighted by Gasteiger charge is -2.13. The third kappa shape index (κ3) is 2.54. The van der Waals surface area contributed by atoms with Crippen molar-refractivity contribution in [3.05, 3.63) is 46.3 Å². The summed E-state index contributed by atoms with van der Waals surface area (Å²) in [6.07, 6.45) is 1.59. The average Bonchev–Trinajstić information content (AvgIpc) is 2.48. The van der Waals surface area contributed by atoms with Gasteiger partial charge in [0.05, 0.1) is 5.39 Å². The van der Waals surface area contributed by atoms with Gasteiger partial charge in [-0.05, 0) is 26.0 Å². The standard InChI is InChI=1S/C16H17NO4/c1-5-8-20-15-11-6-7-12(18)9(2)14(11)21-16(19)13(15)10(3)17-4/h5-7,18H,1,8H2,2-4H3. The van der Waals surface area contributed by atoms with Gasteiger partial charge in [-0.25, -0.2) is 4.79 Å². The maximum absolute atomic E-state index is 12.2. The third-order valence-electron chi connectivity index (χ3n) is 3.29. The van der Waals surface area contributed by atoms with E-state index in [4.69, 9.17) is 9.15 Å². The summed E-state index contributed by atoms with van der Waals surface area (Å²) in [7, 11) is 1.60. The van der Waals surface area contributed by atoms with Crippen molar-refractivity contribution in [2.24, 2.45) is 4.99 Å². The molecule has 0 aliphatic carbocycles. The smallest absolute Gasteiger partial charge is 0.349 e. The fourth-order valence-corrected chi connectivity index (χ4v) is 2.08. The molecule has 0 atom stereocenters. The fourth-order valence-electron chi connectivity index (χ4n) is 2.08. The zero-order valence-corrected chi connectivity index (χ0v) is 12.3. The van der Waals surface area contributed by atoms with Crippen LogP contribution in [0.4, 0.5) is 0 Å². The third-order valence-corrected chi connectivity index (χ3v) is 3.29. The van der Waals surface area contributed by atoms with E-state index in [1.807, 2.05) is 0 Å². The van der Waals surface area contributed by atoms with Crippen LogP contribution in [0.5, 0.6) is 11.5 Å². The molecule has 5 nitrogen and oxygen atoms in total. The number of fused-ring (bicyclic) bond motifs is 1. The summed E-state index contributed by atoms with van der Waals surface area (Å²) >= 11 is 0. The zero-order chi connectivity index (χ0) is 15.6. The lowest BCUT2D eigenvalue weighted by Crippen LogP contribution is -2.16. The van der Waals surface area contributed by atoms with E-state index < -0.39 is 5.63 Å². The molecule has 0 amide bonds. The van der Waals surface area contributed by atoms with Crippen LogP contribution in [0.2, 0.25) is 0 Å². The second kappa shape index (κ2) is 5.83. The number of ether oxygens (including phenoxy) is 1. The number of phenols is 1. The summed E-state index contributed by atoms with van der Waals surface area (Å²) in [5, 5.41) is 10.4. The number of aromatic hydroxyl groups is 1. The van der Waals surface area contributed by atoms with Crippen LogP contribution in [0.1, 0.15) is 18.1 Å². The number of rotatable bonds is 4. The number of aliphatic imine (C=N–C) groups is 1. The van der Waals surface area contributed by atoms with Gasteiger partial charge in [-0.1, -0.05) is 12.7 Å². The first kappa shape index (κ1) is 14.8. The molecule has 0 aliphatic heterocycles. The highest BCUT2D eigenvalue weighted by Gasteiger charge is 2.20. The molecule has 0 spiro atoms. The summed E-state index contributed by atoms with van der Waals surface area (Å²) in [5.74, 6) is 0.460. The Morgan fingerprint density at radius 2 is 2.24 bits per heavy atom. The number of benzene rings is 1. The molecule has 0 unspecified atom stereocenters. The molecule has 0 radical (unpaired) electrons. The van der Waals surface area contributed by atoms with Crippen molar-refractivity contribution in [3.8, 4) is 11.5 Å². The monoisotopic (exact) mass is 287 g/mol. The molecule has 5 heteroatoms. The van der Waals surface area contributed by atoms with Crippen LogP contribution in [-0.4, -0.2) is 24.5 Å². The van der Waals surface area contributed by atoms with Gasteiger partial charge in [0.15, 0.2) is 0 Å². The van der Waals surface area contributed by atoms with Crippen molar-refractivity contribution in [1.82, 2.24) is 0 Å². The van der Waals surface area contributed by atoms with E-state index in [1.54, 1.807) is 39.1 Å². The highest BCUT2D eigenvalue weighted by Crippen LogP contribution is 2.33. The Morgan fingerprint density at radius 1 is 1.52 bits per heavy atom. The van der Waals surface area contributed by atoms with Crippen LogP contribution in [0.15, 0.2) is 39.0 Å². The van der Waals surface area contributed by atoms with Crippen molar-refractivity contribution in [2.45, 2.75) is 13.8 Å². The molecule has 2 aromatic rings. The predicted octanol–water partition coefficient (Wildman–Crippen LogP) is 2.81. The van der Waals surface area contributed by atoms with Gasteiger partial charge in [0.2, 0.25) is 0 Å². The van der Waals surface area contributed by atoms with Crippen molar-refractivity contribution in [3.63, 3.8) is 0 Å². The van der Waals surface area contributed by atoms with E-state index in [9.17, 15) is 9.90 Å². The van der Waals surface area contributed by atoms with Crippen molar-refractivity contribution < 1.29 is 14.3 Å². The van der Waals surface area contributed by atoms with Crippen LogP contribution in [-0.2, 0) is 0 Å². The summed E-state index contributed by atoms with van der Waals surface area (Å²) in [6.45, 7) is 7.25. The Morgan fingerprint density at radius 3 is 2.86 bits per heavy atom. The maximum Gasteiger partial charge on any atom is 0.349 e. The Balaban J connectivity index is 2.91. The SMILES string of the molecule is C=CCOc1c(C(C)=NC)c(=O)oc2c(C)c(O)ccc12. The first-order chi connectivity index (χ1) is 10.0. The zero-order valence-electron chi connectivity index (χ0n) is 12.3. The number of phenolic OH excluding ortho intramolecular Hbond substituents is 1. The minimum Gasteiger partial charge on any atom is -0.508 e. The molecule has 1 aromatic heterocycles. The summed E-state index contributed by atoms with van der Waals surface area (Å²) in [4.78, 5) is 16.3. The topological polar surface area (TPSA) is 72.0 Å². The predicted molar refractivity (Wildman–Crippen MR) is 82.7 cm³/mol. The number of hydrogen-bond acceptors (Lipinski definition) is 5. The van der Waals surface area contributed by atoms with Crippen molar-refractivity contribution in [2.75, 3.05) is 13.7 Å². The lowest BCUT2D eigenvalue weighted by molar-refractivity contribution is 0.362. The molecule has 0 aliphatic rings. The Kier molecular flexibility index (Phi) is 4.12. The van der Waals surface area contributed by atoms with E-state index in [-0.39, 0.29) is 17.9 Å². The fraction of sp³-hybridized carbons (Fsp3) is 0.250. The van der Waals surface area contributed by atoms with Crippen molar-refractivity contribution >= 4 is 16.7 Å². The van der Waals surface area contributed by atoms with Crippen LogP contribution >= 0.6 is 0 Å². The van der Waals surface area contributed by atoms with Gasteiger partial charge >= 0.3 is 5.63 Å². The van der Waals surface area contributed by atoms with Gasteiger partial charge in [-0.2, -0.15) is 0 Å². The Hall–Kier alpha value is -2.56. The summed E-state index contributed by atoms with van der Waals surface area (Å²) in [5.41, 5.74) is 1.07. The Bertz CT molecular complexity index is 787. The minimum atomic E-state index is -0.543. The van der Waals surface area contributed by atoms with Gasteiger partial charge in [-0.3, -0.25) is 4.99 Å². The van der Waals surface area contributed by atoms with Gasteiger partial charge in [0, 0.05) is 18.3 Å². The first-order valence-corrected chi connectivity index (χ1v) is 6.48. The lowest BCUT2D eigenvalue weighted by atomic mass is 10.1. The Labute approximate surface area is 122 Å². The normalized spacial score (nSPS) is 11.7. The molecule has 0 fully saturated rings. The van der Waals surface area contributed by atoms with E-state index in [2.05, 4.69) is 11.6 Å². The second-order valence-corrected chi connectivity index (χ2v) is 4.59. The first-order valence-electron chi connectivity index (χ1n) is 6.48. The molecule has 0 saturated heterocycles. The molecule has 21 heavy (non-hydrogen) atoms. The van der Waals surface area contributed by atoms with Crippen LogP contribution in [0, 0.1) is 6.92 Å². The highest BCUT2D eigenvalue weighted by atomic mass is 16.5. The molecular formula is C16H17NO4. The van der Waals surface area contributed by atoms with Crippen LogP contribution in [0.25, 0.3) is 11.0 Å². The molecule has 1 N–H and O–H groups in total. The number of aryl methyl sites for hydroxylation is 1. The summed E-state index contributed by atoms with van der Waals surface area (Å²) < 4.78 is 11.0. The summed E-state index contributed by atoms with van der Waals surface area (Å²) in [6, 6.07) is 3.20. The second-order valence-electron chi connectivity index (χ2n) is 4.59. The number of hydrogen-bond donors (Lipinski definition) is 1. The van der Waals surface area contributed by atoms with Gasteiger partial charge in [-0.15, -0.1) is 0 Å². The molecular weight excluding hydrogens is 270 g/mol.